The smallest absolute Gasteiger partial charge is 0.433 e. The van der Waals surface area contributed by atoms with Gasteiger partial charge in [0, 0.05) is 142 Å². The first-order valence-corrected chi connectivity index (χ1v) is 38.2. The molecule has 10 aromatic rings. The van der Waals surface area contributed by atoms with Crippen molar-refractivity contribution in [3.05, 3.63) is 155 Å². The molecule has 7 aromatic heterocycles. The Hall–Kier alpha value is -11.3. The number of methoxy groups -OCH3 is 1. The fraction of sp³-hybridized carbons (Fsp3) is 0.438. The molecular weight excluding hydrogens is 1410 g/mol. The maximum Gasteiger partial charge on any atom is 0.433 e. The van der Waals surface area contributed by atoms with Gasteiger partial charge in [-0.05, 0) is 144 Å². The fourth-order valence-corrected chi connectivity index (χ4v) is 20.0. The number of amides is 6. The molecule has 13 heterocycles. The number of rotatable bonds is 17. The van der Waals surface area contributed by atoms with Crippen molar-refractivity contribution in [3.63, 3.8) is 0 Å². The molecule has 566 valence electrons. The lowest BCUT2D eigenvalue weighted by molar-refractivity contribution is -0.141. The number of hydrogen-bond donors (Lipinski definition) is 4. The van der Waals surface area contributed by atoms with E-state index < -0.39 is 46.8 Å². The minimum Gasteiger partial charge on any atom is -0.494 e. The Kier molecular flexibility index (Phi) is 17.7. The summed E-state index contributed by atoms with van der Waals surface area (Å²) in [6, 6.07) is 24.6. The standard InChI is InChI=1S/C80H83F3N20O7/c1-95-73-64(9-5-10-65(73)103(77(95)109)66-20-21-71(104)91-75(66)107)97-44-57-23-26-79(46-97,100(57)40-48-14-18-55(19-15-48)102-42-52-30-70(88-37-62(52)94-102)87-35-53-6-3-11-69(89-53)80(81,82)83)78-25-22-56(43-96(45-78)63-8-4-7-58-59(63)36-86-38-67(58)98-27-24-72(105)92-76(98)108)99(78)39-47-12-16-54(17-13-47)101-41-51-29-61(68(110-2)31-60(51)93-101)90-74(106)50-28-49(32-84)33-85-34-50/h3-11,28-31,33-34,36-38,41-42,47-48,54-57,66,87H,12-27,35,39-40,43-46H2,1-2H3,(H,90,106)(H,91,104,107)(H,92,105,108). The van der Waals surface area contributed by atoms with E-state index in [0.29, 0.717) is 59.9 Å². The Balaban J connectivity index is 0.679. The molecule has 4 N–H and O–H groups in total. The van der Waals surface area contributed by atoms with Crippen LogP contribution in [0.2, 0.25) is 0 Å². The summed E-state index contributed by atoms with van der Waals surface area (Å²) in [6.45, 7) is 4.85. The van der Waals surface area contributed by atoms with Crippen molar-refractivity contribution in [1.29, 1.82) is 5.26 Å². The summed E-state index contributed by atoms with van der Waals surface area (Å²) in [6.07, 6.45) is 19.4. The van der Waals surface area contributed by atoms with Crippen molar-refractivity contribution in [2.24, 2.45) is 18.9 Å². The molecule has 2 aliphatic carbocycles. The second kappa shape index (κ2) is 27.7. The monoisotopic (exact) mass is 1490 g/mol. The number of aryl methyl sites for hydroxylation is 1. The molecule has 0 radical (unpaired) electrons. The quantitative estimate of drug-likeness (QED) is 0.0616. The number of hydrogen-bond acceptors (Lipinski definition) is 19. The van der Waals surface area contributed by atoms with Gasteiger partial charge < -0.3 is 25.2 Å². The predicted molar refractivity (Wildman–Crippen MR) is 404 cm³/mol. The van der Waals surface area contributed by atoms with E-state index in [1.165, 1.54) is 24.5 Å². The van der Waals surface area contributed by atoms with Gasteiger partial charge in [0.2, 0.25) is 17.7 Å². The zero-order chi connectivity index (χ0) is 75.5. The lowest BCUT2D eigenvalue weighted by Gasteiger charge is -2.64. The average molecular weight is 1490 g/mol. The number of para-hydroxylation sites is 1. The molecule has 8 fully saturated rings. The van der Waals surface area contributed by atoms with E-state index in [9.17, 15) is 47.2 Å². The lowest BCUT2D eigenvalue weighted by atomic mass is 9.69. The van der Waals surface area contributed by atoms with Gasteiger partial charge in [0.1, 0.15) is 34.9 Å². The molecule has 4 bridgehead atoms. The Labute approximate surface area is 629 Å². The molecule has 18 rings (SSSR count). The van der Waals surface area contributed by atoms with Crippen LogP contribution in [0.25, 0.3) is 43.6 Å². The predicted octanol–water partition coefficient (Wildman–Crippen LogP) is 10.6. The van der Waals surface area contributed by atoms with Crippen molar-refractivity contribution < 1.29 is 41.9 Å². The minimum absolute atomic E-state index is 0.0596. The number of nitrogens with one attached hydrogen (secondary N) is 4. The van der Waals surface area contributed by atoms with E-state index in [-0.39, 0.29) is 90.8 Å². The molecule has 5 atom stereocenters. The summed E-state index contributed by atoms with van der Waals surface area (Å²) >= 11 is 0. The van der Waals surface area contributed by atoms with Crippen LogP contribution < -0.4 is 46.4 Å². The van der Waals surface area contributed by atoms with Gasteiger partial charge in [0.15, 0.2) is 0 Å². The number of fused-ring (bicyclic) bond motifs is 9. The number of piperidine rings is 1. The number of carbonyl (C=O) groups excluding carboxylic acids is 5. The number of imide groups is 2. The van der Waals surface area contributed by atoms with Gasteiger partial charge in [-0.15, -0.1) is 0 Å². The van der Waals surface area contributed by atoms with Crippen LogP contribution in [0.4, 0.5) is 46.5 Å². The van der Waals surface area contributed by atoms with Gasteiger partial charge in [-0.3, -0.25) is 73.0 Å². The van der Waals surface area contributed by atoms with E-state index in [2.05, 4.69) is 95.8 Å². The van der Waals surface area contributed by atoms with Crippen molar-refractivity contribution in [2.75, 3.05) is 78.3 Å². The molecule has 27 nitrogen and oxygen atoms in total. The van der Waals surface area contributed by atoms with Crippen molar-refractivity contribution in [3.8, 4) is 11.8 Å². The summed E-state index contributed by atoms with van der Waals surface area (Å²) in [7, 11) is 3.34. The molecule has 110 heavy (non-hydrogen) atoms. The van der Waals surface area contributed by atoms with Crippen molar-refractivity contribution in [1.82, 2.24) is 69.1 Å². The molecule has 5 unspecified atom stereocenters. The van der Waals surface area contributed by atoms with Gasteiger partial charge in [0.25, 0.3) is 5.91 Å². The number of anilines is 5. The average Bonchev–Trinajstić information content (AvgIpc) is 1.49. The molecule has 0 spiro atoms. The Morgan fingerprint density at radius 2 is 1.34 bits per heavy atom. The number of alkyl halides is 3. The summed E-state index contributed by atoms with van der Waals surface area (Å²) < 4.78 is 53.8. The second-order valence-corrected chi connectivity index (χ2v) is 31.3. The molecule has 6 saturated heterocycles. The minimum atomic E-state index is -4.56. The first-order chi connectivity index (χ1) is 53.3. The Bertz CT molecular complexity index is 5480. The lowest BCUT2D eigenvalue weighted by Crippen LogP contribution is -2.80. The highest BCUT2D eigenvalue weighted by molar-refractivity contribution is 6.11. The van der Waals surface area contributed by atoms with E-state index in [1.54, 1.807) is 46.7 Å². The maximum atomic E-state index is 14.8. The molecule has 2 saturated carbocycles. The third-order valence-corrected chi connectivity index (χ3v) is 25.3. The van der Waals surface area contributed by atoms with Crippen molar-refractivity contribution in [2.45, 2.75) is 150 Å². The van der Waals surface area contributed by atoms with E-state index >= 15 is 0 Å². The van der Waals surface area contributed by atoms with Crippen LogP contribution in [0.1, 0.15) is 142 Å². The largest absolute Gasteiger partial charge is 0.494 e. The highest BCUT2D eigenvalue weighted by Crippen LogP contribution is 2.58. The number of piperazine rings is 2. The van der Waals surface area contributed by atoms with Gasteiger partial charge in [-0.1, -0.05) is 24.3 Å². The number of nitrogens with zero attached hydrogens (tertiary/aromatic N) is 16. The van der Waals surface area contributed by atoms with Gasteiger partial charge in [-0.2, -0.15) is 28.6 Å². The zero-order valence-electron chi connectivity index (χ0n) is 61.0. The van der Waals surface area contributed by atoms with Gasteiger partial charge in [-0.25, -0.2) is 19.6 Å². The maximum absolute atomic E-state index is 14.8. The van der Waals surface area contributed by atoms with Crippen LogP contribution in [0.3, 0.4) is 0 Å². The third-order valence-electron chi connectivity index (χ3n) is 25.3. The number of aromatic nitrogens is 10. The Morgan fingerprint density at radius 3 is 2.02 bits per heavy atom. The van der Waals surface area contributed by atoms with Crippen LogP contribution in [0, 0.1) is 23.2 Å². The van der Waals surface area contributed by atoms with Gasteiger partial charge in [0.05, 0.1) is 99.6 Å². The number of pyridine rings is 4. The van der Waals surface area contributed by atoms with Crippen LogP contribution in [0.15, 0.2) is 127 Å². The number of nitriles is 1. The zero-order valence-corrected chi connectivity index (χ0v) is 61.0. The number of carbonyl (C=O) groups is 5. The van der Waals surface area contributed by atoms with E-state index in [1.807, 2.05) is 48.7 Å². The number of ether oxygens (including phenoxy) is 1. The topological polar surface area (TPSA) is 297 Å². The molecule has 8 aliphatic rings. The van der Waals surface area contributed by atoms with Crippen LogP contribution >= 0.6 is 0 Å². The fourth-order valence-electron chi connectivity index (χ4n) is 20.0. The Morgan fingerprint density at radius 1 is 0.682 bits per heavy atom. The molecule has 3 aromatic carbocycles. The number of imidazole rings is 1. The summed E-state index contributed by atoms with van der Waals surface area (Å²) in [5.41, 5.74) is 4.48. The highest BCUT2D eigenvalue weighted by Gasteiger charge is 2.69. The molecular formula is C80H83F3N20O7. The number of halogens is 3. The first kappa shape index (κ1) is 70.4. The summed E-state index contributed by atoms with van der Waals surface area (Å²) in [5.74, 6) is 0.0699. The normalized spacial score (nSPS) is 25.4. The van der Waals surface area contributed by atoms with Gasteiger partial charge >= 0.3 is 17.9 Å². The number of benzene rings is 3. The van der Waals surface area contributed by atoms with Crippen molar-refractivity contribution >= 4 is 102 Å². The SMILES string of the molecule is COc1cc2nn(C3CCC(CN4C5CCC4(C46CCC(CN(c7cccc8c7n(C)c(=O)n8C7CCC(=O)NC7=O)C4)N6CC4CCC(n6cc7cc(NCc8cccc(C(F)(F)F)n8)ncc7n6)CC4)CN(c4cccc6c(N7CCC(=O)NC7=O)cncc46)C5)CC3)cc2cc1NC(=O)c1cncc(C#N)c1. The number of urea groups is 1. The second-order valence-electron chi connectivity index (χ2n) is 31.3. The first-order valence-electron chi connectivity index (χ1n) is 38.2. The molecule has 6 aliphatic heterocycles. The van der Waals surface area contributed by atoms with Crippen LogP contribution in [-0.4, -0.2) is 164 Å². The summed E-state index contributed by atoms with van der Waals surface area (Å²) in [4.78, 5) is 111. The van der Waals surface area contributed by atoms with E-state index in [0.717, 1.165) is 152 Å². The van der Waals surface area contributed by atoms with Crippen LogP contribution in [0.5, 0.6) is 5.75 Å². The van der Waals surface area contributed by atoms with Crippen LogP contribution in [-0.2, 0) is 34.2 Å². The van der Waals surface area contributed by atoms with E-state index in [4.69, 9.17) is 19.9 Å². The third kappa shape index (κ3) is 12.4. The molecule has 30 heteroatoms. The molecule has 6 amide bonds. The summed E-state index contributed by atoms with van der Waals surface area (Å²) in [5, 5.41) is 34.3. The highest BCUT2D eigenvalue weighted by atomic mass is 19.4.